The van der Waals surface area contributed by atoms with Crippen LogP contribution in [0.3, 0.4) is 0 Å². The number of carbonyl (C=O) groups excluding carboxylic acids is 1. The molecule has 0 radical (unpaired) electrons. The van der Waals surface area contributed by atoms with Crippen molar-refractivity contribution in [2.24, 2.45) is 11.8 Å². The predicted molar refractivity (Wildman–Crippen MR) is 157 cm³/mol. The van der Waals surface area contributed by atoms with E-state index in [1.54, 1.807) is 18.2 Å². The fourth-order valence-electron chi connectivity index (χ4n) is 8.37. The van der Waals surface area contributed by atoms with Gasteiger partial charge >= 0.3 is 6.09 Å². The maximum atomic E-state index is 15.8. The second kappa shape index (κ2) is 12.0. The molecule has 1 aliphatic carbocycles. The molecule has 3 aliphatic heterocycles. The first-order valence-electron chi connectivity index (χ1n) is 15.5. The molecule has 7 nitrogen and oxygen atoms in total. The Morgan fingerprint density at radius 2 is 1.84 bits per heavy atom. The Morgan fingerprint density at radius 3 is 2.47 bits per heavy atom. The summed E-state index contributed by atoms with van der Waals surface area (Å²) in [6, 6.07) is 13.2. The van der Waals surface area contributed by atoms with Gasteiger partial charge in [-0.2, -0.15) is 5.26 Å². The Labute approximate surface area is 251 Å². The topological polar surface area (TPSA) is 71.8 Å². The molecule has 2 aromatic rings. The number of likely N-dealkylation sites (tertiary alicyclic amines) is 2. The minimum absolute atomic E-state index is 0.0174. The number of alkyl carbamates (subject to hydrolysis) is 1. The van der Waals surface area contributed by atoms with E-state index in [1.165, 1.54) is 25.3 Å². The lowest BCUT2D eigenvalue weighted by molar-refractivity contribution is -0.0880. The molecular weight excluding hydrogens is 555 g/mol. The zero-order chi connectivity index (χ0) is 30.2. The van der Waals surface area contributed by atoms with Crippen LogP contribution in [-0.2, 0) is 10.3 Å². The highest BCUT2D eigenvalue weighted by molar-refractivity contribution is 5.67. The summed E-state index contributed by atoms with van der Waals surface area (Å²) in [7, 11) is 1.38. The quantitative estimate of drug-likeness (QED) is 0.452. The van der Waals surface area contributed by atoms with Crippen LogP contribution >= 0.6 is 0 Å². The van der Waals surface area contributed by atoms with Gasteiger partial charge in [0.2, 0.25) is 0 Å². The number of methoxy groups -OCH3 is 1. The van der Waals surface area contributed by atoms with Gasteiger partial charge in [0.15, 0.2) is 5.67 Å². The third kappa shape index (κ3) is 5.58. The van der Waals surface area contributed by atoms with Crippen LogP contribution in [0.1, 0.15) is 49.7 Å². The molecule has 43 heavy (non-hydrogen) atoms. The van der Waals surface area contributed by atoms with Gasteiger partial charge in [0.05, 0.1) is 31.3 Å². The number of ether oxygens (including phenoxy) is 1. The smallest absolute Gasteiger partial charge is 0.407 e. The summed E-state index contributed by atoms with van der Waals surface area (Å²) in [5.74, 6) is -0.531. The van der Waals surface area contributed by atoms with E-state index in [0.29, 0.717) is 12.2 Å². The minimum atomic E-state index is -1.39. The molecule has 1 amide bonds. The van der Waals surface area contributed by atoms with E-state index >= 15 is 4.39 Å². The molecule has 0 bridgehead atoms. The molecular formula is C33H40F3N5O2. The Bertz CT molecular complexity index is 1370. The Balaban J connectivity index is 1.19. The molecule has 4 fully saturated rings. The summed E-state index contributed by atoms with van der Waals surface area (Å²) in [5.41, 5.74) is -0.286. The van der Waals surface area contributed by atoms with Crippen LogP contribution < -0.4 is 10.2 Å². The van der Waals surface area contributed by atoms with Gasteiger partial charge in [-0.3, -0.25) is 9.80 Å². The zero-order valence-corrected chi connectivity index (χ0v) is 24.7. The normalized spacial score (nSPS) is 25.7. The van der Waals surface area contributed by atoms with Crippen LogP contribution in [0.4, 0.5) is 23.7 Å². The Kier molecular flexibility index (Phi) is 8.31. The maximum Gasteiger partial charge on any atom is 0.407 e. The Hall–Kier alpha value is -3.29. The van der Waals surface area contributed by atoms with Crippen LogP contribution in [0.25, 0.3) is 0 Å². The van der Waals surface area contributed by atoms with Crippen molar-refractivity contribution in [1.29, 1.82) is 5.26 Å². The van der Waals surface area contributed by atoms with Crippen molar-refractivity contribution in [1.82, 2.24) is 15.1 Å². The van der Waals surface area contributed by atoms with Crippen LogP contribution in [0.5, 0.6) is 0 Å². The monoisotopic (exact) mass is 595 g/mol. The van der Waals surface area contributed by atoms with E-state index in [-0.39, 0.29) is 42.3 Å². The first-order chi connectivity index (χ1) is 20.8. The van der Waals surface area contributed by atoms with Gasteiger partial charge in [0.1, 0.15) is 17.7 Å². The van der Waals surface area contributed by atoms with E-state index in [1.807, 2.05) is 17.0 Å². The van der Waals surface area contributed by atoms with Crippen LogP contribution in [0, 0.1) is 34.8 Å². The number of carbonyl (C=O) groups is 1. The van der Waals surface area contributed by atoms with Crippen LogP contribution in [0.15, 0.2) is 42.5 Å². The summed E-state index contributed by atoms with van der Waals surface area (Å²) in [6.45, 7) is 3.99. The Morgan fingerprint density at radius 1 is 1.07 bits per heavy atom. The molecule has 0 spiro atoms. The number of halogens is 3. The number of anilines is 1. The molecule has 3 saturated heterocycles. The second-order valence-electron chi connectivity index (χ2n) is 12.8. The predicted octanol–water partition coefficient (Wildman–Crippen LogP) is 5.20. The molecule has 10 heteroatoms. The first-order valence-corrected chi connectivity index (χ1v) is 15.5. The van der Waals surface area contributed by atoms with Crippen molar-refractivity contribution >= 4 is 11.8 Å². The molecule has 2 aromatic carbocycles. The summed E-state index contributed by atoms with van der Waals surface area (Å²) in [5, 5.41) is 12.1. The van der Waals surface area contributed by atoms with Gasteiger partial charge in [-0.05, 0) is 87.0 Å². The molecule has 0 aromatic heterocycles. The van der Waals surface area contributed by atoms with E-state index < -0.39 is 23.1 Å². The number of rotatable bonds is 8. The van der Waals surface area contributed by atoms with Gasteiger partial charge < -0.3 is 15.0 Å². The fourth-order valence-corrected chi connectivity index (χ4v) is 8.37. The van der Waals surface area contributed by atoms with E-state index in [2.05, 4.69) is 15.1 Å². The van der Waals surface area contributed by atoms with Gasteiger partial charge in [-0.1, -0.05) is 18.6 Å². The van der Waals surface area contributed by atoms with Gasteiger partial charge in [-0.25, -0.2) is 18.0 Å². The van der Waals surface area contributed by atoms with E-state index in [0.717, 1.165) is 70.3 Å². The number of nitrogens with one attached hydrogen (secondary N) is 1. The highest BCUT2D eigenvalue weighted by atomic mass is 19.1. The highest BCUT2D eigenvalue weighted by Gasteiger charge is 2.56. The number of hydrogen-bond donors (Lipinski definition) is 1. The third-order valence-electron chi connectivity index (χ3n) is 10.3. The molecule has 3 heterocycles. The lowest BCUT2D eigenvalue weighted by Crippen LogP contribution is -2.66. The van der Waals surface area contributed by atoms with Crippen molar-refractivity contribution in [3.05, 3.63) is 65.2 Å². The molecule has 1 unspecified atom stereocenters. The SMILES string of the molecule is COC(=O)N[C@H]1CCC[C@@H]1C(c1cccc(F)c1)(C1CCN(CC2(F)CN(c3ccc(C#N)c(F)c3)C2)CC1)N1CCC1. The zero-order valence-electron chi connectivity index (χ0n) is 24.7. The molecule has 1 saturated carbocycles. The lowest BCUT2D eigenvalue weighted by Gasteiger charge is -2.59. The summed E-state index contributed by atoms with van der Waals surface area (Å²) in [6.07, 6.45) is 5.10. The van der Waals surface area contributed by atoms with Gasteiger partial charge in [0, 0.05) is 37.3 Å². The van der Waals surface area contributed by atoms with E-state index in [9.17, 15) is 13.6 Å². The largest absolute Gasteiger partial charge is 0.453 e. The first kappa shape index (κ1) is 29.8. The van der Waals surface area contributed by atoms with Crippen molar-refractivity contribution in [3.63, 3.8) is 0 Å². The number of amides is 1. The number of nitriles is 1. The molecule has 1 N–H and O–H groups in total. The molecule has 3 atom stereocenters. The number of nitrogens with zero attached hydrogens (tertiary/aromatic N) is 4. The van der Waals surface area contributed by atoms with Crippen molar-refractivity contribution in [3.8, 4) is 6.07 Å². The second-order valence-corrected chi connectivity index (χ2v) is 12.8. The maximum absolute atomic E-state index is 15.8. The highest BCUT2D eigenvalue weighted by Crippen LogP contribution is 2.54. The average molecular weight is 596 g/mol. The minimum Gasteiger partial charge on any atom is -0.453 e. The molecule has 4 aliphatic rings. The summed E-state index contributed by atoms with van der Waals surface area (Å²) in [4.78, 5) is 18.9. The van der Waals surface area contributed by atoms with Crippen LogP contribution in [-0.4, -0.2) is 80.5 Å². The molecule has 230 valence electrons. The lowest BCUT2D eigenvalue weighted by atomic mass is 9.62. The van der Waals surface area contributed by atoms with Crippen molar-refractivity contribution in [2.75, 3.05) is 57.8 Å². The van der Waals surface area contributed by atoms with Gasteiger partial charge in [0.25, 0.3) is 0 Å². The van der Waals surface area contributed by atoms with Gasteiger partial charge in [-0.15, -0.1) is 0 Å². The van der Waals surface area contributed by atoms with E-state index in [4.69, 9.17) is 10.00 Å². The standard InChI is InChI=1S/C33H40F3N5O2/c1-43-31(42)38-30-8-3-7-28(30)33(41-13-4-14-41,25-5-2-6-26(34)17-25)24-11-15-39(16-12-24)20-32(36)21-40(22-32)27-10-9-23(19-37)29(35)18-27/h2,5-6,9-10,17-18,24,28,30H,3-4,7-8,11-16,20-22H2,1H3,(H,38,42)/t28-,30-,33?/m0/s1. The third-order valence-corrected chi connectivity index (χ3v) is 10.3. The molecule has 6 rings (SSSR count). The number of benzene rings is 2. The number of alkyl halides is 1. The van der Waals surface area contributed by atoms with Crippen LogP contribution in [0.2, 0.25) is 0 Å². The number of piperidine rings is 1. The summed E-state index contributed by atoms with van der Waals surface area (Å²) >= 11 is 0. The average Bonchev–Trinajstić information content (AvgIpc) is 3.42. The fraction of sp³-hybridized carbons (Fsp3) is 0.576. The van der Waals surface area contributed by atoms with Crippen molar-refractivity contribution in [2.45, 2.75) is 55.8 Å². The van der Waals surface area contributed by atoms with Crippen molar-refractivity contribution < 1.29 is 22.7 Å². The summed E-state index contributed by atoms with van der Waals surface area (Å²) < 4.78 is 49.7. The number of hydrogen-bond acceptors (Lipinski definition) is 6.